The predicted molar refractivity (Wildman–Crippen MR) is 107 cm³/mol. The molecule has 8 heteroatoms. The van der Waals surface area contributed by atoms with Gasteiger partial charge in [0.05, 0.1) is 12.1 Å². The molecule has 2 aromatic rings. The number of carbonyl (C=O) groups is 2. The summed E-state index contributed by atoms with van der Waals surface area (Å²) in [6, 6.07) is 5.49. The van der Waals surface area contributed by atoms with Crippen LogP contribution in [-0.2, 0) is 9.53 Å². The van der Waals surface area contributed by atoms with E-state index < -0.39 is 0 Å². The molecule has 2 amide bonds. The molecule has 0 bridgehead atoms. The number of amides is 2. The molecule has 0 spiro atoms. The van der Waals surface area contributed by atoms with E-state index in [1.54, 1.807) is 31.6 Å². The smallest absolute Gasteiger partial charge is 0.267 e. The number of piperidine rings is 1. The number of carbonyl (C=O) groups excluding carboxylic acids is 2. The van der Waals surface area contributed by atoms with E-state index in [0.29, 0.717) is 18.0 Å². The summed E-state index contributed by atoms with van der Waals surface area (Å²) in [5, 5.41) is 10.1. The molecule has 8 nitrogen and oxygen atoms in total. The molecule has 1 aliphatic heterocycles. The lowest BCUT2D eigenvalue weighted by Gasteiger charge is -2.39. The van der Waals surface area contributed by atoms with Gasteiger partial charge in [0.15, 0.2) is 0 Å². The zero-order valence-electron chi connectivity index (χ0n) is 16.8. The first kappa shape index (κ1) is 19.7. The van der Waals surface area contributed by atoms with Crippen LogP contribution in [0, 0.1) is 5.92 Å². The van der Waals surface area contributed by atoms with Crippen molar-refractivity contribution in [2.24, 2.45) is 5.92 Å². The highest BCUT2D eigenvalue weighted by atomic mass is 16.5. The second kappa shape index (κ2) is 8.82. The van der Waals surface area contributed by atoms with Crippen LogP contribution in [0.4, 0.5) is 0 Å². The number of aromatic amines is 2. The van der Waals surface area contributed by atoms with Crippen LogP contribution in [0.2, 0.25) is 0 Å². The highest BCUT2D eigenvalue weighted by Crippen LogP contribution is 2.31. The van der Waals surface area contributed by atoms with Crippen molar-refractivity contribution in [2.75, 3.05) is 20.2 Å². The molecule has 2 aromatic heterocycles. The molecule has 0 aromatic carbocycles. The molecule has 1 saturated carbocycles. The molecule has 0 radical (unpaired) electrons. The third-order valence-electron chi connectivity index (χ3n) is 6.37. The molecule has 156 valence electrons. The summed E-state index contributed by atoms with van der Waals surface area (Å²) >= 11 is 0. The number of hydrogen-bond donors (Lipinski definition) is 3. The van der Waals surface area contributed by atoms with Crippen molar-refractivity contribution in [1.29, 1.82) is 0 Å². The molecule has 29 heavy (non-hydrogen) atoms. The Morgan fingerprint density at radius 1 is 1.21 bits per heavy atom. The summed E-state index contributed by atoms with van der Waals surface area (Å²) in [7, 11) is 1.65. The molecule has 0 unspecified atom stereocenters. The fourth-order valence-corrected chi connectivity index (χ4v) is 4.66. The number of likely N-dealkylation sites (tertiary alicyclic amines) is 1. The molecule has 2 aliphatic rings. The van der Waals surface area contributed by atoms with Gasteiger partial charge in [0.2, 0.25) is 5.91 Å². The lowest BCUT2D eigenvalue weighted by molar-refractivity contribution is -0.139. The van der Waals surface area contributed by atoms with Crippen molar-refractivity contribution in [1.82, 2.24) is 25.4 Å². The monoisotopic (exact) mass is 399 g/mol. The van der Waals surface area contributed by atoms with Crippen molar-refractivity contribution in [3.8, 4) is 0 Å². The Balaban J connectivity index is 1.30. The molecule has 1 saturated heterocycles. The van der Waals surface area contributed by atoms with E-state index in [1.807, 2.05) is 11.0 Å². The first-order valence-electron chi connectivity index (χ1n) is 10.4. The van der Waals surface area contributed by atoms with Crippen LogP contribution in [-0.4, -0.2) is 64.2 Å². The first-order valence-corrected chi connectivity index (χ1v) is 10.4. The van der Waals surface area contributed by atoms with E-state index in [0.717, 1.165) is 44.5 Å². The topological polar surface area (TPSA) is 103 Å². The minimum atomic E-state index is -0.154. The maximum Gasteiger partial charge on any atom is 0.267 e. The minimum absolute atomic E-state index is 0.0395. The van der Waals surface area contributed by atoms with Gasteiger partial charge in [0, 0.05) is 50.1 Å². The maximum atomic E-state index is 13.1. The SMILES string of the molecule is CO[C@H]1C[C@@H](C(=O)N2CCC(c3ccn[nH]3)CC2)CC[C@@H]1NC(=O)c1ccc[nH]1. The maximum absolute atomic E-state index is 13.1. The van der Waals surface area contributed by atoms with Crippen LogP contribution >= 0.6 is 0 Å². The van der Waals surface area contributed by atoms with Gasteiger partial charge in [0.25, 0.3) is 5.91 Å². The normalized spacial score (nSPS) is 25.7. The quantitative estimate of drug-likeness (QED) is 0.716. The molecule has 2 fully saturated rings. The second-order valence-corrected chi connectivity index (χ2v) is 8.06. The Bertz CT molecular complexity index is 796. The predicted octanol–water partition coefficient (Wildman–Crippen LogP) is 2.06. The highest BCUT2D eigenvalue weighted by Gasteiger charge is 2.37. The van der Waals surface area contributed by atoms with Gasteiger partial charge in [-0.15, -0.1) is 0 Å². The number of hydrogen-bond acceptors (Lipinski definition) is 4. The third kappa shape index (κ3) is 4.37. The number of ether oxygens (including phenoxy) is 1. The zero-order valence-corrected chi connectivity index (χ0v) is 16.8. The van der Waals surface area contributed by atoms with Crippen molar-refractivity contribution in [2.45, 2.75) is 50.2 Å². The average molecular weight is 399 g/mol. The second-order valence-electron chi connectivity index (χ2n) is 8.06. The van der Waals surface area contributed by atoms with Crippen LogP contribution in [0.1, 0.15) is 54.2 Å². The number of rotatable bonds is 5. The number of nitrogens with one attached hydrogen (secondary N) is 3. The third-order valence-corrected chi connectivity index (χ3v) is 6.37. The van der Waals surface area contributed by atoms with Crippen molar-refractivity contribution < 1.29 is 14.3 Å². The number of nitrogens with zero attached hydrogens (tertiary/aromatic N) is 2. The molecular weight excluding hydrogens is 370 g/mol. The molecular formula is C21H29N5O3. The summed E-state index contributed by atoms with van der Waals surface area (Å²) in [5.41, 5.74) is 1.70. The van der Waals surface area contributed by atoms with E-state index >= 15 is 0 Å². The van der Waals surface area contributed by atoms with Gasteiger partial charge in [0.1, 0.15) is 5.69 Å². The van der Waals surface area contributed by atoms with Crippen LogP contribution in [0.3, 0.4) is 0 Å². The van der Waals surface area contributed by atoms with Gasteiger partial charge in [-0.05, 0) is 50.3 Å². The number of aromatic nitrogens is 3. The van der Waals surface area contributed by atoms with Crippen LogP contribution < -0.4 is 5.32 Å². The lowest BCUT2D eigenvalue weighted by atomic mass is 9.82. The fraction of sp³-hybridized carbons (Fsp3) is 0.571. The van der Waals surface area contributed by atoms with E-state index in [2.05, 4.69) is 20.5 Å². The Labute approximate surface area is 170 Å². The Hall–Kier alpha value is -2.61. The molecule has 3 N–H and O–H groups in total. The highest BCUT2D eigenvalue weighted by molar-refractivity contribution is 5.92. The summed E-state index contributed by atoms with van der Waals surface area (Å²) in [4.78, 5) is 30.4. The number of H-pyrrole nitrogens is 2. The van der Waals surface area contributed by atoms with Gasteiger partial charge in [-0.25, -0.2) is 0 Å². The Kier molecular flexibility index (Phi) is 5.99. The summed E-state index contributed by atoms with van der Waals surface area (Å²) in [6.45, 7) is 1.56. The van der Waals surface area contributed by atoms with Crippen molar-refractivity contribution in [3.05, 3.63) is 42.0 Å². The average Bonchev–Trinajstić information content (AvgIpc) is 3.48. The van der Waals surface area contributed by atoms with E-state index in [9.17, 15) is 9.59 Å². The van der Waals surface area contributed by atoms with Gasteiger partial charge >= 0.3 is 0 Å². The molecule has 3 atom stereocenters. The first-order chi connectivity index (χ1) is 14.2. The van der Waals surface area contributed by atoms with Crippen molar-refractivity contribution >= 4 is 11.8 Å². The number of methoxy groups -OCH3 is 1. The minimum Gasteiger partial charge on any atom is -0.379 e. The van der Waals surface area contributed by atoms with Crippen LogP contribution in [0.25, 0.3) is 0 Å². The van der Waals surface area contributed by atoms with E-state index in [4.69, 9.17) is 4.74 Å². The molecule has 3 heterocycles. The van der Waals surface area contributed by atoms with E-state index in [-0.39, 0.29) is 29.9 Å². The van der Waals surface area contributed by atoms with Crippen LogP contribution in [0.5, 0.6) is 0 Å². The van der Waals surface area contributed by atoms with Gasteiger partial charge in [-0.2, -0.15) is 5.10 Å². The summed E-state index contributed by atoms with van der Waals surface area (Å²) in [6.07, 6.45) is 7.44. The molecule has 4 rings (SSSR count). The lowest BCUT2D eigenvalue weighted by Crippen LogP contribution is -2.51. The standard InChI is InChI=1S/C21H29N5O3/c1-29-19-13-15(4-5-17(19)24-20(27)18-3-2-9-22-18)21(28)26-11-7-14(8-12-26)16-6-10-23-25-16/h2-3,6,9-10,14-15,17,19,22H,4-5,7-8,11-13H2,1H3,(H,23,25)(H,24,27)/t15-,17-,19-/m0/s1. The summed E-state index contributed by atoms with van der Waals surface area (Å²) in [5.74, 6) is 0.506. The Morgan fingerprint density at radius 2 is 2.03 bits per heavy atom. The van der Waals surface area contributed by atoms with E-state index in [1.165, 1.54) is 0 Å². The Morgan fingerprint density at radius 3 is 2.69 bits per heavy atom. The molecule has 1 aliphatic carbocycles. The zero-order chi connectivity index (χ0) is 20.2. The van der Waals surface area contributed by atoms with Crippen LogP contribution in [0.15, 0.2) is 30.6 Å². The summed E-state index contributed by atoms with van der Waals surface area (Å²) < 4.78 is 5.65. The van der Waals surface area contributed by atoms with Gasteiger partial charge < -0.3 is 19.9 Å². The van der Waals surface area contributed by atoms with Crippen molar-refractivity contribution in [3.63, 3.8) is 0 Å². The fourth-order valence-electron chi connectivity index (χ4n) is 4.66. The van der Waals surface area contributed by atoms with Gasteiger partial charge in [-0.1, -0.05) is 0 Å². The van der Waals surface area contributed by atoms with Gasteiger partial charge in [-0.3, -0.25) is 14.7 Å². The largest absolute Gasteiger partial charge is 0.379 e.